The van der Waals surface area contributed by atoms with Crippen molar-refractivity contribution in [1.82, 2.24) is 9.88 Å². The molecular formula is C23H23F2N3O. The molecule has 150 valence electrons. The number of piperidine rings is 1. The van der Waals surface area contributed by atoms with Gasteiger partial charge in [-0.3, -0.25) is 9.78 Å². The molecule has 4 rings (SSSR count). The Labute approximate surface area is 168 Å². The van der Waals surface area contributed by atoms with Crippen molar-refractivity contribution in [3.8, 4) is 6.07 Å². The first-order chi connectivity index (χ1) is 13.9. The van der Waals surface area contributed by atoms with Crippen LogP contribution in [-0.2, 0) is 4.79 Å². The smallest absolute Gasteiger partial charge is 0.248 e. The zero-order valence-electron chi connectivity index (χ0n) is 16.2. The first kappa shape index (κ1) is 19.5. The van der Waals surface area contributed by atoms with E-state index in [1.165, 1.54) is 0 Å². The minimum absolute atomic E-state index is 0.0394. The lowest BCUT2D eigenvalue weighted by Crippen LogP contribution is -2.44. The zero-order valence-corrected chi connectivity index (χ0v) is 16.2. The molecule has 0 radical (unpaired) electrons. The van der Waals surface area contributed by atoms with Gasteiger partial charge in [0.25, 0.3) is 0 Å². The normalized spacial score (nSPS) is 22.4. The number of carbonyl (C=O) groups is 1. The van der Waals surface area contributed by atoms with Crippen LogP contribution in [0.4, 0.5) is 8.78 Å². The molecule has 1 aromatic carbocycles. The van der Waals surface area contributed by atoms with Crippen LogP contribution < -0.4 is 0 Å². The standard InChI is InChI=1S/C23H23F2N3O/c1-15-11-18(19-5-4-17(12-26)21-20(19)3-2-10-27-21)14-28(13-15)22(29)16-6-8-23(24,25)9-7-16/h2-5,10,16,18H,1,6-9,11,13-14H2/t18-/m0/s1. The lowest BCUT2D eigenvalue weighted by molar-refractivity contribution is -0.140. The maximum absolute atomic E-state index is 13.5. The second kappa shape index (κ2) is 7.55. The van der Waals surface area contributed by atoms with Gasteiger partial charge in [-0.25, -0.2) is 8.78 Å². The van der Waals surface area contributed by atoms with Crippen LogP contribution in [0.2, 0.25) is 0 Å². The number of pyridine rings is 1. The highest BCUT2D eigenvalue weighted by Gasteiger charge is 2.39. The summed E-state index contributed by atoms with van der Waals surface area (Å²) in [6.45, 7) is 5.13. The van der Waals surface area contributed by atoms with E-state index in [1.807, 2.05) is 18.2 Å². The Bertz CT molecular complexity index is 1000. The van der Waals surface area contributed by atoms with E-state index < -0.39 is 5.92 Å². The van der Waals surface area contributed by atoms with Crippen LogP contribution in [0.5, 0.6) is 0 Å². The summed E-state index contributed by atoms with van der Waals surface area (Å²) in [4.78, 5) is 19.2. The van der Waals surface area contributed by atoms with Gasteiger partial charge in [-0.15, -0.1) is 0 Å². The predicted octanol–water partition coefficient (Wildman–Crippen LogP) is 4.80. The molecule has 1 aromatic heterocycles. The van der Waals surface area contributed by atoms with Gasteiger partial charge >= 0.3 is 0 Å². The minimum atomic E-state index is -2.64. The van der Waals surface area contributed by atoms with E-state index in [9.17, 15) is 18.8 Å². The molecule has 29 heavy (non-hydrogen) atoms. The Kier molecular flexibility index (Phi) is 5.08. The number of amides is 1. The number of hydrogen-bond acceptors (Lipinski definition) is 3. The van der Waals surface area contributed by atoms with Crippen molar-refractivity contribution in [3.05, 3.63) is 53.7 Å². The quantitative estimate of drug-likeness (QED) is 0.686. The molecular weight excluding hydrogens is 372 g/mol. The SMILES string of the molecule is C=C1C[C@H](c2ccc(C#N)c3ncccc23)CN(C(=O)C2CCC(F)(F)CC2)C1. The fourth-order valence-electron chi connectivity index (χ4n) is 4.64. The van der Waals surface area contributed by atoms with Gasteiger partial charge in [-0.2, -0.15) is 5.26 Å². The number of rotatable bonds is 2. The van der Waals surface area contributed by atoms with Crippen LogP contribution in [0.25, 0.3) is 10.9 Å². The topological polar surface area (TPSA) is 57.0 Å². The van der Waals surface area contributed by atoms with Crippen molar-refractivity contribution >= 4 is 16.8 Å². The molecule has 0 bridgehead atoms. The maximum atomic E-state index is 13.5. The second-order valence-electron chi connectivity index (χ2n) is 8.21. The zero-order chi connectivity index (χ0) is 20.6. The second-order valence-corrected chi connectivity index (χ2v) is 8.21. The monoisotopic (exact) mass is 395 g/mol. The van der Waals surface area contributed by atoms with E-state index in [1.54, 1.807) is 17.2 Å². The van der Waals surface area contributed by atoms with Crippen LogP contribution >= 0.6 is 0 Å². The molecule has 1 saturated carbocycles. The van der Waals surface area contributed by atoms with Gasteiger partial charge in [0.1, 0.15) is 6.07 Å². The molecule has 1 aliphatic heterocycles. The number of carbonyl (C=O) groups excluding carboxylic acids is 1. The van der Waals surface area contributed by atoms with Gasteiger partial charge in [0.2, 0.25) is 11.8 Å². The van der Waals surface area contributed by atoms with Crippen molar-refractivity contribution in [2.45, 2.75) is 43.9 Å². The van der Waals surface area contributed by atoms with Crippen molar-refractivity contribution in [3.63, 3.8) is 0 Å². The van der Waals surface area contributed by atoms with Crippen molar-refractivity contribution in [1.29, 1.82) is 5.26 Å². The molecule has 2 aromatic rings. The van der Waals surface area contributed by atoms with E-state index in [0.717, 1.165) is 22.9 Å². The fraction of sp³-hybridized carbons (Fsp3) is 0.435. The van der Waals surface area contributed by atoms with Crippen molar-refractivity contribution < 1.29 is 13.6 Å². The Morgan fingerprint density at radius 3 is 2.76 bits per heavy atom. The summed E-state index contributed by atoms with van der Waals surface area (Å²) in [5.41, 5.74) is 3.18. The van der Waals surface area contributed by atoms with E-state index in [0.29, 0.717) is 24.2 Å². The maximum Gasteiger partial charge on any atom is 0.248 e. The lowest BCUT2D eigenvalue weighted by Gasteiger charge is -2.38. The Morgan fingerprint density at radius 2 is 2.03 bits per heavy atom. The molecule has 2 aliphatic rings. The molecule has 1 atom stereocenters. The highest BCUT2D eigenvalue weighted by molar-refractivity contribution is 5.88. The third kappa shape index (κ3) is 3.87. The number of nitrogens with zero attached hydrogens (tertiary/aromatic N) is 3. The molecule has 1 aliphatic carbocycles. The van der Waals surface area contributed by atoms with Crippen molar-refractivity contribution in [2.24, 2.45) is 5.92 Å². The van der Waals surface area contributed by atoms with Gasteiger partial charge in [0.05, 0.1) is 11.1 Å². The first-order valence-corrected chi connectivity index (χ1v) is 9.99. The predicted molar refractivity (Wildman–Crippen MR) is 106 cm³/mol. The molecule has 0 unspecified atom stereocenters. The van der Waals surface area contributed by atoms with E-state index in [4.69, 9.17) is 0 Å². The number of aromatic nitrogens is 1. The van der Waals surface area contributed by atoms with Gasteiger partial charge < -0.3 is 4.90 Å². The summed E-state index contributed by atoms with van der Waals surface area (Å²) in [5.74, 6) is -2.97. The molecule has 6 heteroatoms. The van der Waals surface area contributed by atoms with Gasteiger partial charge in [0, 0.05) is 49.4 Å². The molecule has 0 spiro atoms. The van der Waals surface area contributed by atoms with Gasteiger partial charge in [-0.05, 0) is 37.0 Å². The summed E-state index contributed by atoms with van der Waals surface area (Å²) in [6, 6.07) is 9.69. The Hall–Kier alpha value is -2.81. The molecule has 1 saturated heterocycles. The van der Waals surface area contributed by atoms with E-state index in [2.05, 4.69) is 17.6 Å². The minimum Gasteiger partial charge on any atom is -0.338 e. The highest BCUT2D eigenvalue weighted by Crippen LogP contribution is 2.39. The van der Waals surface area contributed by atoms with Gasteiger partial charge in [-0.1, -0.05) is 24.3 Å². The number of benzene rings is 1. The van der Waals surface area contributed by atoms with E-state index >= 15 is 0 Å². The highest BCUT2D eigenvalue weighted by atomic mass is 19.3. The van der Waals surface area contributed by atoms with Crippen LogP contribution in [0, 0.1) is 17.2 Å². The average Bonchev–Trinajstić information content (AvgIpc) is 2.72. The summed E-state index contributed by atoms with van der Waals surface area (Å²) < 4.78 is 26.9. The molecule has 2 fully saturated rings. The van der Waals surface area contributed by atoms with Gasteiger partial charge in [0.15, 0.2) is 0 Å². The summed E-state index contributed by atoms with van der Waals surface area (Å²) in [6.07, 6.45) is 2.47. The summed E-state index contributed by atoms with van der Waals surface area (Å²) in [7, 11) is 0. The number of alkyl halides is 2. The number of halogens is 2. The van der Waals surface area contributed by atoms with Crippen molar-refractivity contribution in [2.75, 3.05) is 13.1 Å². The first-order valence-electron chi connectivity index (χ1n) is 9.99. The van der Waals surface area contributed by atoms with Crippen LogP contribution in [-0.4, -0.2) is 34.8 Å². The number of fused-ring (bicyclic) bond motifs is 1. The van der Waals surface area contributed by atoms with E-state index in [-0.39, 0.29) is 43.4 Å². The third-order valence-corrected chi connectivity index (χ3v) is 6.13. The molecule has 4 nitrogen and oxygen atoms in total. The molecule has 0 N–H and O–H groups in total. The van der Waals surface area contributed by atoms with Crippen LogP contribution in [0.3, 0.4) is 0 Å². The third-order valence-electron chi connectivity index (χ3n) is 6.13. The lowest BCUT2D eigenvalue weighted by atomic mass is 9.83. The number of hydrogen-bond donors (Lipinski definition) is 0. The fourth-order valence-corrected chi connectivity index (χ4v) is 4.64. The number of likely N-dealkylation sites (tertiary alicyclic amines) is 1. The van der Waals surface area contributed by atoms with Crippen LogP contribution in [0.1, 0.15) is 49.1 Å². The average molecular weight is 395 g/mol. The number of nitriles is 1. The Morgan fingerprint density at radius 1 is 1.28 bits per heavy atom. The largest absolute Gasteiger partial charge is 0.338 e. The molecule has 1 amide bonds. The molecule has 2 heterocycles. The Balaban J connectivity index is 1.59. The summed E-state index contributed by atoms with van der Waals surface area (Å²) >= 11 is 0. The summed E-state index contributed by atoms with van der Waals surface area (Å²) in [5, 5.41) is 10.3. The van der Waals surface area contributed by atoms with Crippen LogP contribution in [0.15, 0.2) is 42.6 Å².